The number of nitrogens with one attached hydrogen (secondary N) is 2. The largest absolute Gasteiger partial charge is 0.497 e. The van der Waals surface area contributed by atoms with Gasteiger partial charge >= 0.3 is 0 Å². The van der Waals surface area contributed by atoms with Crippen molar-refractivity contribution in [2.75, 3.05) is 18.2 Å². The van der Waals surface area contributed by atoms with E-state index in [9.17, 15) is 9.59 Å². The smallest absolute Gasteiger partial charge is 0.253 e. The van der Waals surface area contributed by atoms with Gasteiger partial charge in [0.25, 0.3) is 5.91 Å². The van der Waals surface area contributed by atoms with E-state index in [4.69, 9.17) is 16.3 Å². The zero-order valence-electron chi connectivity index (χ0n) is 16.4. The molecule has 3 rings (SSSR count). The van der Waals surface area contributed by atoms with Crippen LogP contribution in [0.3, 0.4) is 0 Å². The number of nitrogens with zero attached hydrogens (tertiary/aromatic N) is 3. The number of thioether (sulfide) groups is 1. The molecule has 0 bridgehead atoms. The van der Waals surface area contributed by atoms with Gasteiger partial charge < -0.3 is 19.9 Å². The molecule has 156 valence electrons. The van der Waals surface area contributed by atoms with Gasteiger partial charge in [-0.25, -0.2) is 0 Å². The van der Waals surface area contributed by atoms with E-state index < -0.39 is 0 Å². The maximum absolute atomic E-state index is 12.3. The summed E-state index contributed by atoms with van der Waals surface area (Å²) in [4.78, 5) is 24.4. The summed E-state index contributed by atoms with van der Waals surface area (Å²) in [5, 5.41) is 14.7. The molecule has 10 heteroatoms. The van der Waals surface area contributed by atoms with Gasteiger partial charge in [-0.05, 0) is 36.4 Å². The zero-order valence-corrected chi connectivity index (χ0v) is 18.0. The van der Waals surface area contributed by atoms with Gasteiger partial charge in [0, 0.05) is 12.7 Å². The third-order valence-electron chi connectivity index (χ3n) is 4.16. The Morgan fingerprint density at radius 3 is 2.57 bits per heavy atom. The number of benzene rings is 2. The lowest BCUT2D eigenvalue weighted by molar-refractivity contribution is -0.113. The van der Waals surface area contributed by atoms with Crippen LogP contribution in [-0.2, 0) is 18.4 Å². The molecule has 2 amide bonds. The van der Waals surface area contributed by atoms with Crippen LogP contribution in [0.4, 0.5) is 5.69 Å². The molecule has 0 aliphatic carbocycles. The highest BCUT2D eigenvalue weighted by Gasteiger charge is 2.14. The molecule has 0 spiro atoms. The molecule has 2 aromatic carbocycles. The molecule has 3 aromatic rings. The van der Waals surface area contributed by atoms with E-state index in [1.807, 2.05) is 0 Å². The quantitative estimate of drug-likeness (QED) is 0.517. The minimum Gasteiger partial charge on any atom is -0.497 e. The highest BCUT2D eigenvalue weighted by molar-refractivity contribution is 7.99. The van der Waals surface area contributed by atoms with E-state index in [2.05, 4.69) is 20.8 Å². The second kappa shape index (κ2) is 10.1. The number of carbonyl (C=O) groups excluding carboxylic acids is 2. The first-order valence-corrected chi connectivity index (χ1v) is 10.3. The highest BCUT2D eigenvalue weighted by Crippen LogP contribution is 2.19. The van der Waals surface area contributed by atoms with Gasteiger partial charge in [-0.1, -0.05) is 35.5 Å². The number of ether oxygens (including phenoxy) is 1. The van der Waals surface area contributed by atoms with Crippen LogP contribution in [0.2, 0.25) is 5.02 Å². The van der Waals surface area contributed by atoms with E-state index in [1.54, 1.807) is 67.3 Å². The van der Waals surface area contributed by atoms with Crippen LogP contribution in [0, 0.1) is 0 Å². The Bertz CT molecular complexity index is 1040. The van der Waals surface area contributed by atoms with Crippen LogP contribution in [0.15, 0.2) is 53.7 Å². The molecule has 0 saturated carbocycles. The minimum atomic E-state index is -0.295. The van der Waals surface area contributed by atoms with Gasteiger partial charge in [0.05, 0.1) is 30.0 Å². The average Bonchev–Trinajstić information content (AvgIpc) is 3.11. The van der Waals surface area contributed by atoms with Crippen molar-refractivity contribution in [2.45, 2.75) is 11.7 Å². The molecule has 0 aliphatic heterocycles. The Morgan fingerprint density at radius 2 is 1.87 bits per heavy atom. The Kier molecular flexibility index (Phi) is 7.31. The topological polar surface area (TPSA) is 98.1 Å². The molecule has 0 radical (unpaired) electrons. The molecule has 1 heterocycles. The molecule has 30 heavy (non-hydrogen) atoms. The molecule has 8 nitrogen and oxygen atoms in total. The first kappa shape index (κ1) is 21.7. The van der Waals surface area contributed by atoms with Gasteiger partial charge in [0.1, 0.15) is 5.75 Å². The normalized spacial score (nSPS) is 10.5. The van der Waals surface area contributed by atoms with Gasteiger partial charge in [0.15, 0.2) is 11.0 Å². The van der Waals surface area contributed by atoms with Crippen LogP contribution < -0.4 is 15.4 Å². The molecule has 0 atom stereocenters. The van der Waals surface area contributed by atoms with Crippen LogP contribution in [0.25, 0.3) is 0 Å². The Labute approximate surface area is 183 Å². The number of methoxy groups -OCH3 is 1. The minimum absolute atomic E-state index is 0.165. The molecular weight excluding hydrogens is 426 g/mol. The van der Waals surface area contributed by atoms with Crippen LogP contribution >= 0.6 is 23.4 Å². The van der Waals surface area contributed by atoms with Crippen molar-refractivity contribution in [1.82, 2.24) is 20.1 Å². The number of rotatable bonds is 8. The maximum Gasteiger partial charge on any atom is 0.253 e. The second-order valence-corrected chi connectivity index (χ2v) is 7.54. The first-order valence-electron chi connectivity index (χ1n) is 8.95. The molecule has 0 saturated heterocycles. The third kappa shape index (κ3) is 5.52. The Morgan fingerprint density at radius 1 is 1.13 bits per heavy atom. The predicted molar refractivity (Wildman–Crippen MR) is 116 cm³/mol. The fraction of sp³-hybridized carbons (Fsp3) is 0.200. The van der Waals surface area contributed by atoms with E-state index in [-0.39, 0.29) is 24.1 Å². The predicted octanol–water partition coefficient (Wildman–Crippen LogP) is 3.14. The number of halogens is 1. The SMILES string of the molecule is COc1ccc(NC(=O)CSc2nnc(CNC(=O)c3ccccc3Cl)n2C)cc1. The summed E-state index contributed by atoms with van der Waals surface area (Å²) in [6, 6.07) is 13.9. The zero-order chi connectivity index (χ0) is 21.5. The molecule has 0 aliphatic rings. The van der Waals surface area contributed by atoms with Crippen molar-refractivity contribution >= 4 is 40.9 Å². The van der Waals surface area contributed by atoms with Crippen molar-refractivity contribution in [3.63, 3.8) is 0 Å². The van der Waals surface area contributed by atoms with Gasteiger partial charge in [-0.15, -0.1) is 10.2 Å². The Hall–Kier alpha value is -3.04. The lowest BCUT2D eigenvalue weighted by atomic mass is 10.2. The second-order valence-electron chi connectivity index (χ2n) is 6.19. The van der Waals surface area contributed by atoms with Gasteiger partial charge in [-0.3, -0.25) is 9.59 Å². The molecular formula is C20H20ClN5O3S. The summed E-state index contributed by atoms with van der Waals surface area (Å²) in [6.07, 6.45) is 0. The summed E-state index contributed by atoms with van der Waals surface area (Å²) in [7, 11) is 3.36. The number of hydrogen-bond donors (Lipinski definition) is 2. The summed E-state index contributed by atoms with van der Waals surface area (Å²) < 4.78 is 6.83. The van der Waals surface area contributed by atoms with E-state index in [1.165, 1.54) is 11.8 Å². The number of anilines is 1. The van der Waals surface area contributed by atoms with Crippen molar-refractivity contribution in [2.24, 2.45) is 7.05 Å². The molecule has 0 unspecified atom stereocenters. The van der Waals surface area contributed by atoms with E-state index >= 15 is 0 Å². The van der Waals surface area contributed by atoms with Crippen LogP contribution in [0.5, 0.6) is 5.75 Å². The molecule has 0 fully saturated rings. The third-order valence-corrected chi connectivity index (χ3v) is 5.51. The summed E-state index contributed by atoms with van der Waals surface area (Å²) >= 11 is 7.29. The van der Waals surface area contributed by atoms with Crippen molar-refractivity contribution in [3.8, 4) is 5.75 Å². The lowest BCUT2D eigenvalue weighted by Crippen LogP contribution is -2.24. The molecule has 1 aromatic heterocycles. The Balaban J connectivity index is 1.51. The standard InChI is InChI=1S/C20H20ClN5O3S/c1-26-17(11-22-19(28)15-5-3-4-6-16(15)21)24-25-20(26)30-12-18(27)23-13-7-9-14(29-2)10-8-13/h3-10H,11-12H2,1-2H3,(H,22,28)(H,23,27). The molecule has 2 N–H and O–H groups in total. The van der Waals surface area contributed by atoms with Crippen LogP contribution in [0.1, 0.15) is 16.2 Å². The monoisotopic (exact) mass is 445 g/mol. The number of amides is 2. The van der Waals surface area contributed by atoms with Crippen molar-refractivity contribution in [1.29, 1.82) is 0 Å². The van der Waals surface area contributed by atoms with Gasteiger partial charge in [-0.2, -0.15) is 0 Å². The average molecular weight is 446 g/mol. The van der Waals surface area contributed by atoms with Crippen LogP contribution in [-0.4, -0.2) is 39.4 Å². The fourth-order valence-electron chi connectivity index (χ4n) is 2.53. The summed E-state index contributed by atoms with van der Waals surface area (Å²) in [5.74, 6) is 0.992. The maximum atomic E-state index is 12.3. The first-order chi connectivity index (χ1) is 14.5. The van der Waals surface area contributed by atoms with Crippen molar-refractivity contribution < 1.29 is 14.3 Å². The number of hydrogen-bond acceptors (Lipinski definition) is 6. The van der Waals surface area contributed by atoms with E-state index in [0.29, 0.717) is 27.3 Å². The van der Waals surface area contributed by atoms with Crippen molar-refractivity contribution in [3.05, 3.63) is 64.9 Å². The fourth-order valence-corrected chi connectivity index (χ4v) is 3.48. The summed E-state index contributed by atoms with van der Waals surface area (Å²) in [5.41, 5.74) is 1.08. The number of carbonyl (C=O) groups is 2. The highest BCUT2D eigenvalue weighted by atomic mass is 35.5. The number of aromatic nitrogens is 3. The van der Waals surface area contributed by atoms with Gasteiger partial charge in [0.2, 0.25) is 5.91 Å². The lowest BCUT2D eigenvalue weighted by Gasteiger charge is -2.08. The summed E-state index contributed by atoms with van der Waals surface area (Å²) in [6.45, 7) is 0.187. The van der Waals surface area contributed by atoms with E-state index in [0.717, 1.165) is 5.75 Å².